The van der Waals surface area contributed by atoms with Gasteiger partial charge in [-0.3, -0.25) is 4.79 Å². The third-order valence-corrected chi connectivity index (χ3v) is 5.62. The van der Waals surface area contributed by atoms with Crippen molar-refractivity contribution in [3.05, 3.63) is 41.3 Å². The molecule has 0 aliphatic heterocycles. The second kappa shape index (κ2) is 8.13. The molecule has 0 aliphatic rings. The summed E-state index contributed by atoms with van der Waals surface area (Å²) in [6.07, 6.45) is 0. The Morgan fingerprint density at radius 3 is 2.44 bits per heavy atom. The van der Waals surface area contributed by atoms with Crippen molar-refractivity contribution in [1.82, 2.24) is 0 Å². The van der Waals surface area contributed by atoms with E-state index in [1.54, 1.807) is 12.3 Å². The van der Waals surface area contributed by atoms with Gasteiger partial charge in [0.15, 0.2) is 9.84 Å². The highest BCUT2D eigenvalue weighted by molar-refractivity contribution is 7.92. The van der Waals surface area contributed by atoms with Gasteiger partial charge in [0.2, 0.25) is 5.91 Å². The van der Waals surface area contributed by atoms with Crippen LogP contribution >= 0.6 is 11.3 Å². The van der Waals surface area contributed by atoms with E-state index in [9.17, 15) is 18.0 Å². The average molecular weight is 383 g/mol. The van der Waals surface area contributed by atoms with E-state index in [2.05, 4.69) is 5.32 Å². The molecule has 0 bridgehead atoms. The summed E-state index contributed by atoms with van der Waals surface area (Å²) in [4.78, 5) is 23.9. The Morgan fingerprint density at radius 1 is 1.16 bits per heavy atom. The summed E-state index contributed by atoms with van der Waals surface area (Å²) in [6.45, 7) is 1.87. The molecular formula is C16H17NO6S2. The van der Waals surface area contributed by atoms with Gasteiger partial charge in [-0.05, 0) is 42.6 Å². The first-order valence-corrected chi connectivity index (χ1v) is 9.82. The number of thiophene rings is 1. The third kappa shape index (κ3) is 4.80. The molecule has 2 rings (SSSR count). The number of benzene rings is 1. The average Bonchev–Trinajstić information content (AvgIpc) is 3.02. The zero-order chi connectivity index (χ0) is 18.4. The highest BCUT2D eigenvalue weighted by Crippen LogP contribution is 2.24. The Bertz CT molecular complexity index is 855. The van der Waals surface area contributed by atoms with Gasteiger partial charge in [0, 0.05) is 0 Å². The minimum Gasteiger partial charge on any atom is -0.497 e. The van der Waals surface area contributed by atoms with Gasteiger partial charge in [-0.25, -0.2) is 13.2 Å². The summed E-state index contributed by atoms with van der Waals surface area (Å²) < 4.78 is 34.5. The van der Waals surface area contributed by atoms with E-state index < -0.39 is 27.5 Å². The highest BCUT2D eigenvalue weighted by atomic mass is 32.2. The van der Waals surface area contributed by atoms with Crippen LogP contribution in [0.2, 0.25) is 0 Å². The van der Waals surface area contributed by atoms with Gasteiger partial charge < -0.3 is 14.8 Å². The van der Waals surface area contributed by atoms with Crippen LogP contribution in [0.5, 0.6) is 5.75 Å². The minimum absolute atomic E-state index is 0.0141. The van der Waals surface area contributed by atoms with Crippen molar-refractivity contribution in [2.45, 2.75) is 11.8 Å². The minimum atomic E-state index is -3.81. The largest absolute Gasteiger partial charge is 0.497 e. The van der Waals surface area contributed by atoms with Crippen molar-refractivity contribution < 1.29 is 27.5 Å². The molecule has 2 aromatic rings. The number of methoxy groups -OCH3 is 1. The van der Waals surface area contributed by atoms with Gasteiger partial charge in [0.05, 0.1) is 24.2 Å². The molecule has 1 N–H and O–H groups in total. The number of nitrogens with one attached hydrogen (secondary N) is 1. The van der Waals surface area contributed by atoms with E-state index >= 15 is 0 Å². The molecule has 0 spiro atoms. The third-order valence-electron chi connectivity index (χ3n) is 3.15. The van der Waals surface area contributed by atoms with Crippen molar-refractivity contribution in [2.24, 2.45) is 0 Å². The molecule has 0 radical (unpaired) electrons. The van der Waals surface area contributed by atoms with Gasteiger partial charge in [-0.2, -0.15) is 0 Å². The molecule has 1 aromatic heterocycles. The first-order valence-electron chi connectivity index (χ1n) is 7.28. The summed E-state index contributed by atoms with van der Waals surface area (Å²) in [6, 6.07) is 7.26. The smallest absolute Gasteiger partial charge is 0.341 e. The van der Waals surface area contributed by atoms with Crippen molar-refractivity contribution in [3.63, 3.8) is 0 Å². The van der Waals surface area contributed by atoms with Crippen molar-refractivity contribution in [3.8, 4) is 5.75 Å². The van der Waals surface area contributed by atoms with E-state index in [0.717, 1.165) is 11.3 Å². The summed E-state index contributed by atoms with van der Waals surface area (Å²) in [5, 5.41) is 4.32. The molecule has 0 saturated carbocycles. The maximum atomic E-state index is 12.3. The predicted octanol–water partition coefficient (Wildman–Crippen LogP) is 2.35. The lowest BCUT2D eigenvalue weighted by Crippen LogP contribution is -2.23. The number of amides is 1. The Kier molecular flexibility index (Phi) is 6.16. The number of ether oxygens (including phenoxy) is 2. The van der Waals surface area contributed by atoms with E-state index in [1.807, 2.05) is 0 Å². The quantitative estimate of drug-likeness (QED) is 0.737. The molecule has 1 amide bonds. The van der Waals surface area contributed by atoms with Gasteiger partial charge in [0.25, 0.3) is 0 Å². The zero-order valence-corrected chi connectivity index (χ0v) is 15.3. The first-order chi connectivity index (χ1) is 11.9. The molecule has 0 aliphatic carbocycles. The fourth-order valence-corrected chi connectivity index (χ4v) is 3.90. The second-order valence-corrected chi connectivity index (χ2v) is 7.77. The predicted molar refractivity (Wildman–Crippen MR) is 94.0 cm³/mol. The number of hydrogen-bond donors (Lipinski definition) is 1. The summed E-state index contributed by atoms with van der Waals surface area (Å²) in [5.41, 5.74) is 0.196. The molecule has 1 aromatic carbocycles. The normalized spacial score (nSPS) is 11.0. The van der Waals surface area contributed by atoms with Gasteiger partial charge in [-0.1, -0.05) is 0 Å². The standard InChI is InChI=1S/C16H17NO6S2/c1-3-23-16(19)13-8-9-24-15(13)17-14(18)10-25(20,21)12-6-4-11(22-2)5-7-12/h4-9H,3,10H2,1-2H3,(H,17,18). The van der Waals surface area contributed by atoms with Crippen LogP contribution in [-0.2, 0) is 19.4 Å². The Labute approximate surface area is 149 Å². The maximum absolute atomic E-state index is 12.3. The van der Waals surface area contributed by atoms with Crippen molar-refractivity contribution in [1.29, 1.82) is 0 Å². The van der Waals surface area contributed by atoms with Gasteiger partial charge in [-0.15, -0.1) is 11.3 Å². The molecule has 25 heavy (non-hydrogen) atoms. The molecule has 0 saturated heterocycles. The zero-order valence-electron chi connectivity index (χ0n) is 13.6. The lowest BCUT2D eigenvalue weighted by molar-refractivity contribution is -0.113. The van der Waals surface area contributed by atoms with Crippen LogP contribution in [0.25, 0.3) is 0 Å². The van der Waals surface area contributed by atoms with Crippen LogP contribution in [0, 0.1) is 0 Å². The topological polar surface area (TPSA) is 98.8 Å². The monoisotopic (exact) mass is 383 g/mol. The SMILES string of the molecule is CCOC(=O)c1ccsc1NC(=O)CS(=O)(=O)c1ccc(OC)cc1. The Hall–Kier alpha value is -2.39. The van der Waals surface area contributed by atoms with Crippen LogP contribution < -0.4 is 10.1 Å². The van der Waals surface area contributed by atoms with Gasteiger partial charge in [0.1, 0.15) is 16.5 Å². The number of carbonyl (C=O) groups excluding carboxylic acids is 2. The molecule has 9 heteroatoms. The van der Waals surface area contributed by atoms with Crippen LogP contribution in [0.15, 0.2) is 40.6 Å². The molecule has 7 nitrogen and oxygen atoms in total. The van der Waals surface area contributed by atoms with Crippen LogP contribution in [0.4, 0.5) is 5.00 Å². The number of sulfone groups is 1. The van der Waals surface area contributed by atoms with Crippen molar-refractivity contribution in [2.75, 3.05) is 24.8 Å². The Morgan fingerprint density at radius 2 is 1.84 bits per heavy atom. The molecule has 1 heterocycles. The number of anilines is 1. The summed E-state index contributed by atoms with van der Waals surface area (Å²) in [7, 11) is -2.34. The van der Waals surface area contributed by atoms with Crippen LogP contribution in [-0.4, -0.2) is 39.8 Å². The van der Waals surface area contributed by atoms with Crippen LogP contribution in [0.1, 0.15) is 17.3 Å². The lowest BCUT2D eigenvalue weighted by atomic mass is 10.3. The maximum Gasteiger partial charge on any atom is 0.341 e. The number of rotatable bonds is 7. The molecule has 134 valence electrons. The number of esters is 1. The van der Waals surface area contributed by atoms with E-state index in [1.165, 1.54) is 37.4 Å². The second-order valence-electron chi connectivity index (χ2n) is 4.87. The highest BCUT2D eigenvalue weighted by Gasteiger charge is 2.22. The first kappa shape index (κ1) is 18.9. The summed E-state index contributed by atoms with van der Waals surface area (Å²) in [5.74, 6) is -1.53. The molecule has 0 unspecified atom stereocenters. The van der Waals surface area contributed by atoms with Crippen molar-refractivity contribution >= 4 is 38.1 Å². The fourth-order valence-electron chi connectivity index (χ4n) is 1.98. The summed E-state index contributed by atoms with van der Waals surface area (Å²) >= 11 is 1.11. The Balaban J connectivity index is 2.09. The molecular weight excluding hydrogens is 366 g/mol. The van der Waals surface area contributed by atoms with E-state index in [-0.39, 0.29) is 22.1 Å². The van der Waals surface area contributed by atoms with Gasteiger partial charge >= 0.3 is 5.97 Å². The van der Waals surface area contributed by atoms with Crippen LogP contribution in [0.3, 0.4) is 0 Å². The lowest BCUT2D eigenvalue weighted by Gasteiger charge is -2.08. The number of hydrogen-bond acceptors (Lipinski definition) is 7. The molecule has 0 fully saturated rings. The van der Waals surface area contributed by atoms with E-state index in [4.69, 9.17) is 9.47 Å². The fraction of sp³-hybridized carbons (Fsp3) is 0.250. The number of carbonyl (C=O) groups is 2. The molecule has 0 atom stereocenters. The van der Waals surface area contributed by atoms with E-state index in [0.29, 0.717) is 5.75 Å².